The lowest BCUT2D eigenvalue weighted by molar-refractivity contribution is -0.139. The summed E-state index contributed by atoms with van der Waals surface area (Å²) in [6.07, 6.45) is 2.31. The molecule has 0 unspecified atom stereocenters. The fourth-order valence-corrected chi connectivity index (χ4v) is 2.39. The summed E-state index contributed by atoms with van der Waals surface area (Å²) < 4.78 is 12.0. The Bertz CT molecular complexity index is 633. The summed E-state index contributed by atoms with van der Waals surface area (Å²) in [6.45, 7) is 8.50. The number of halogens is 1. The highest BCUT2D eigenvalue weighted by Crippen LogP contribution is 2.36. The Labute approximate surface area is 156 Å². The van der Waals surface area contributed by atoms with Gasteiger partial charge in [-0.25, -0.2) is 5.43 Å². The van der Waals surface area contributed by atoms with Gasteiger partial charge in [-0.15, -0.1) is 0 Å². The van der Waals surface area contributed by atoms with E-state index in [1.807, 2.05) is 13.8 Å². The zero-order valence-corrected chi connectivity index (χ0v) is 16.5. The van der Waals surface area contributed by atoms with Crippen molar-refractivity contribution in [3.63, 3.8) is 0 Å². The van der Waals surface area contributed by atoms with E-state index >= 15 is 0 Å². The molecule has 0 bridgehead atoms. The van der Waals surface area contributed by atoms with Crippen LogP contribution in [0.1, 0.15) is 39.7 Å². The molecule has 8 heteroatoms. The Morgan fingerprint density at radius 3 is 2.56 bits per heavy atom. The summed E-state index contributed by atoms with van der Waals surface area (Å²) in [5, 5.41) is 6.29. The highest BCUT2D eigenvalue weighted by Gasteiger charge is 2.14. The molecule has 25 heavy (non-hydrogen) atoms. The molecule has 0 fully saturated rings. The Kier molecular flexibility index (Phi) is 8.98. The number of carbonyl (C=O) groups excluding carboxylic acids is 2. The lowest BCUT2D eigenvalue weighted by atomic mass is 10.2. The number of hydrazone groups is 1. The summed E-state index contributed by atoms with van der Waals surface area (Å²) in [5.74, 6) is -0.347. The average Bonchev–Trinajstić information content (AvgIpc) is 2.53. The first kappa shape index (κ1) is 21.0. The molecular weight excluding hydrogens is 390 g/mol. The van der Waals surface area contributed by atoms with Crippen LogP contribution in [0, 0.1) is 0 Å². The van der Waals surface area contributed by atoms with Crippen LogP contribution in [0.5, 0.6) is 11.5 Å². The van der Waals surface area contributed by atoms with E-state index in [-0.39, 0.29) is 6.04 Å². The van der Waals surface area contributed by atoms with Crippen molar-refractivity contribution in [2.75, 3.05) is 13.2 Å². The molecule has 7 nitrogen and oxygen atoms in total. The molecule has 0 spiro atoms. The monoisotopic (exact) mass is 413 g/mol. The highest BCUT2D eigenvalue weighted by atomic mass is 79.9. The van der Waals surface area contributed by atoms with Gasteiger partial charge in [0, 0.05) is 6.04 Å². The predicted octanol–water partition coefficient (Wildman–Crippen LogP) is 2.61. The molecule has 0 radical (unpaired) electrons. The van der Waals surface area contributed by atoms with Crippen molar-refractivity contribution in [2.45, 2.75) is 40.2 Å². The second kappa shape index (κ2) is 10.7. The lowest BCUT2D eigenvalue weighted by Gasteiger charge is -2.14. The molecule has 1 aromatic carbocycles. The van der Waals surface area contributed by atoms with Gasteiger partial charge in [-0.1, -0.05) is 6.92 Å². The fourth-order valence-electron chi connectivity index (χ4n) is 1.81. The van der Waals surface area contributed by atoms with E-state index in [9.17, 15) is 9.59 Å². The number of carbonyl (C=O) groups is 2. The van der Waals surface area contributed by atoms with Crippen LogP contribution in [-0.4, -0.2) is 37.3 Å². The van der Waals surface area contributed by atoms with Gasteiger partial charge in [-0.3, -0.25) is 9.59 Å². The smallest absolute Gasteiger partial charge is 0.329 e. The summed E-state index contributed by atoms with van der Waals surface area (Å²) in [7, 11) is 0. The maximum absolute atomic E-state index is 11.6. The van der Waals surface area contributed by atoms with Gasteiger partial charge in [0.15, 0.2) is 11.5 Å². The minimum Gasteiger partial charge on any atom is -0.490 e. The van der Waals surface area contributed by atoms with Crippen molar-refractivity contribution >= 4 is 34.0 Å². The molecule has 0 aliphatic heterocycles. The number of ether oxygens (including phenoxy) is 2. The normalized spacial score (nSPS) is 10.8. The molecule has 2 amide bonds. The number of rotatable bonds is 8. The summed E-state index contributed by atoms with van der Waals surface area (Å²) in [6, 6.07) is 3.42. The van der Waals surface area contributed by atoms with Crippen molar-refractivity contribution in [3.8, 4) is 11.5 Å². The third-order valence-corrected chi connectivity index (χ3v) is 3.38. The van der Waals surface area contributed by atoms with Gasteiger partial charge in [0.25, 0.3) is 0 Å². The Balaban J connectivity index is 2.84. The van der Waals surface area contributed by atoms with Gasteiger partial charge >= 0.3 is 11.8 Å². The zero-order valence-electron chi connectivity index (χ0n) is 14.9. The van der Waals surface area contributed by atoms with Crippen LogP contribution in [0.4, 0.5) is 0 Å². The Morgan fingerprint density at radius 1 is 1.24 bits per heavy atom. The molecule has 1 aromatic rings. The maximum atomic E-state index is 11.6. The summed E-state index contributed by atoms with van der Waals surface area (Å²) >= 11 is 3.45. The van der Waals surface area contributed by atoms with Crippen LogP contribution in [0.3, 0.4) is 0 Å². The molecule has 0 saturated carbocycles. The van der Waals surface area contributed by atoms with E-state index in [0.717, 1.165) is 10.9 Å². The van der Waals surface area contributed by atoms with Crippen LogP contribution >= 0.6 is 15.9 Å². The Morgan fingerprint density at radius 2 is 1.96 bits per heavy atom. The number of benzene rings is 1. The third-order valence-electron chi connectivity index (χ3n) is 2.79. The topological polar surface area (TPSA) is 89.0 Å². The largest absolute Gasteiger partial charge is 0.490 e. The van der Waals surface area contributed by atoms with E-state index in [4.69, 9.17) is 9.47 Å². The molecule has 2 N–H and O–H groups in total. The van der Waals surface area contributed by atoms with Gasteiger partial charge in [-0.05, 0) is 60.8 Å². The molecule has 138 valence electrons. The lowest BCUT2D eigenvalue weighted by Crippen LogP contribution is -2.41. The van der Waals surface area contributed by atoms with Crippen LogP contribution in [-0.2, 0) is 9.59 Å². The number of hydrogen-bond donors (Lipinski definition) is 2. The third kappa shape index (κ3) is 7.13. The van der Waals surface area contributed by atoms with Crippen molar-refractivity contribution in [3.05, 3.63) is 22.2 Å². The van der Waals surface area contributed by atoms with Crippen molar-refractivity contribution < 1.29 is 19.1 Å². The van der Waals surface area contributed by atoms with E-state index in [2.05, 4.69) is 31.8 Å². The number of nitrogens with zero attached hydrogens (tertiary/aromatic N) is 1. The van der Waals surface area contributed by atoms with Crippen LogP contribution in [0.2, 0.25) is 0 Å². The number of amides is 2. The maximum Gasteiger partial charge on any atom is 0.329 e. The Hall–Kier alpha value is -2.09. The molecule has 0 heterocycles. The van der Waals surface area contributed by atoms with Gasteiger partial charge < -0.3 is 14.8 Å². The van der Waals surface area contributed by atoms with E-state index in [1.54, 1.807) is 26.0 Å². The summed E-state index contributed by atoms with van der Waals surface area (Å²) in [4.78, 5) is 23.1. The fraction of sp³-hybridized carbons (Fsp3) is 0.471. The average molecular weight is 414 g/mol. The van der Waals surface area contributed by atoms with E-state index in [1.165, 1.54) is 6.21 Å². The predicted molar refractivity (Wildman–Crippen MR) is 100 cm³/mol. The standard InChI is InChI=1S/C17H24BrN3O4/c1-5-7-25-15-13(18)8-12(9-14(15)24-6-2)10-19-21-17(23)16(22)20-11(3)4/h8-11H,5-7H2,1-4H3,(H,20,22)(H,21,23)/b19-10-. The molecule has 0 aliphatic rings. The highest BCUT2D eigenvalue weighted by molar-refractivity contribution is 9.10. The van der Waals surface area contributed by atoms with Crippen LogP contribution < -0.4 is 20.2 Å². The van der Waals surface area contributed by atoms with Crippen molar-refractivity contribution in [1.82, 2.24) is 10.7 Å². The second-order valence-corrected chi connectivity index (χ2v) is 6.29. The van der Waals surface area contributed by atoms with Gasteiger partial charge in [-0.2, -0.15) is 5.10 Å². The van der Waals surface area contributed by atoms with Gasteiger partial charge in [0.05, 0.1) is 23.9 Å². The van der Waals surface area contributed by atoms with Crippen molar-refractivity contribution in [2.24, 2.45) is 5.10 Å². The SMILES string of the molecule is CCCOc1c(Br)cc(/C=N\NC(=O)C(=O)NC(C)C)cc1OCC. The molecule has 0 atom stereocenters. The summed E-state index contributed by atoms with van der Waals surface area (Å²) in [5.41, 5.74) is 2.87. The second-order valence-electron chi connectivity index (χ2n) is 5.44. The van der Waals surface area contributed by atoms with E-state index < -0.39 is 11.8 Å². The van der Waals surface area contributed by atoms with Gasteiger partial charge in [0.2, 0.25) is 0 Å². The first-order valence-electron chi connectivity index (χ1n) is 8.12. The minimum atomic E-state index is -0.822. The van der Waals surface area contributed by atoms with Crippen LogP contribution in [0.25, 0.3) is 0 Å². The molecule has 1 rings (SSSR count). The number of nitrogens with one attached hydrogen (secondary N) is 2. The minimum absolute atomic E-state index is 0.123. The molecular formula is C17H24BrN3O4. The first-order chi connectivity index (χ1) is 11.9. The molecule has 0 saturated heterocycles. The van der Waals surface area contributed by atoms with Gasteiger partial charge in [0.1, 0.15) is 0 Å². The van der Waals surface area contributed by atoms with E-state index in [0.29, 0.717) is 30.3 Å². The molecule has 0 aromatic heterocycles. The van der Waals surface area contributed by atoms with Crippen LogP contribution in [0.15, 0.2) is 21.7 Å². The quantitative estimate of drug-likeness (QED) is 0.389. The first-order valence-corrected chi connectivity index (χ1v) is 8.91. The van der Waals surface area contributed by atoms with Crippen molar-refractivity contribution in [1.29, 1.82) is 0 Å². The zero-order chi connectivity index (χ0) is 18.8. The molecule has 0 aliphatic carbocycles. The number of hydrogen-bond acceptors (Lipinski definition) is 5.